The Kier molecular flexibility index (Phi) is 13.3. The fraction of sp³-hybridized carbons (Fsp3) is 0.486. The topological polar surface area (TPSA) is 63.2 Å². The average molecular weight is 619 g/mol. The largest absolute Gasteiger partial charge is 0.404 e. The Morgan fingerprint density at radius 2 is 1.18 bits per heavy atom. The number of rotatable bonds is 17. The third kappa shape index (κ3) is 9.19. The predicted molar refractivity (Wildman–Crippen MR) is 177 cm³/mol. The van der Waals surface area contributed by atoms with E-state index in [1.54, 1.807) is 6.92 Å². The van der Waals surface area contributed by atoms with Gasteiger partial charge < -0.3 is 23.4 Å². The van der Waals surface area contributed by atoms with Gasteiger partial charge in [0.25, 0.3) is 0 Å². The van der Waals surface area contributed by atoms with Crippen molar-refractivity contribution in [3.63, 3.8) is 0 Å². The van der Waals surface area contributed by atoms with E-state index in [2.05, 4.69) is 52.0 Å². The lowest BCUT2D eigenvalue weighted by Crippen LogP contribution is -2.62. The zero-order chi connectivity index (χ0) is 31.4. The van der Waals surface area contributed by atoms with Crippen LogP contribution in [-0.4, -0.2) is 51.2 Å². The first kappa shape index (κ1) is 34.2. The monoisotopic (exact) mass is 618 g/mol. The van der Waals surface area contributed by atoms with Gasteiger partial charge in [0.2, 0.25) is 0 Å². The summed E-state index contributed by atoms with van der Waals surface area (Å²) in [5, 5.41) is 0. The van der Waals surface area contributed by atoms with E-state index in [0.29, 0.717) is 26.4 Å². The average Bonchev–Trinajstić information content (AvgIpc) is 3.06. The third-order valence-electron chi connectivity index (χ3n) is 9.03. The number of carbonyl (C=O) groups excluding carboxylic acids is 1. The summed E-state index contributed by atoms with van der Waals surface area (Å²) in [6.45, 7) is 11.9. The molecular formula is C37H50O6Si. The van der Waals surface area contributed by atoms with Crippen LogP contribution in [0.2, 0.25) is 18.1 Å². The highest BCUT2D eigenvalue weighted by molar-refractivity contribution is 6.73. The van der Waals surface area contributed by atoms with Crippen LogP contribution in [0.1, 0.15) is 51.3 Å². The molecule has 0 radical (unpaired) electrons. The first-order chi connectivity index (χ1) is 21.4. The number of benzene rings is 3. The van der Waals surface area contributed by atoms with Crippen LogP contribution in [0.25, 0.3) is 0 Å². The first-order valence-electron chi connectivity index (χ1n) is 16.2. The van der Waals surface area contributed by atoms with Crippen molar-refractivity contribution >= 4 is 14.1 Å². The minimum Gasteiger partial charge on any atom is -0.404 e. The number of carbonyl (C=O) groups is 1. The fourth-order valence-electron chi connectivity index (χ4n) is 6.08. The lowest BCUT2D eigenvalue weighted by molar-refractivity contribution is -0.254. The summed E-state index contributed by atoms with van der Waals surface area (Å²) in [5.74, 6) is -0.181. The Hall–Kier alpha value is -2.65. The van der Waals surface area contributed by atoms with E-state index in [1.807, 2.05) is 66.7 Å². The molecule has 6 atom stereocenters. The maximum Gasteiger partial charge on any atom is 0.193 e. The van der Waals surface area contributed by atoms with Crippen molar-refractivity contribution in [1.29, 1.82) is 0 Å². The van der Waals surface area contributed by atoms with Crippen molar-refractivity contribution in [1.82, 2.24) is 0 Å². The molecule has 0 aromatic heterocycles. The molecule has 6 nitrogen and oxygen atoms in total. The Labute approximate surface area is 265 Å². The Morgan fingerprint density at radius 3 is 1.64 bits per heavy atom. The van der Waals surface area contributed by atoms with Crippen LogP contribution in [0.3, 0.4) is 0 Å². The molecule has 7 heteroatoms. The standard InChI is InChI=1S/C37H50O6Si/c1-6-44(7-2,8-3)43-36(29(5)38)35-28(4)34(40-25-31-20-14-10-15-21-31)37(41-26-32-22-16-11-17-23-32)33(42-35)27-39-24-30-18-12-9-13-19-30/h9-23,28,33-37H,6-8,24-27H2,1-5H3/t28-,33-,34-,35-,36-,37-/m1/s1. The molecule has 0 spiro atoms. The van der Waals surface area contributed by atoms with Gasteiger partial charge >= 0.3 is 0 Å². The summed E-state index contributed by atoms with van der Waals surface area (Å²) in [6, 6.07) is 33.3. The lowest BCUT2D eigenvalue weighted by atomic mass is 9.84. The molecule has 0 aliphatic carbocycles. The van der Waals surface area contributed by atoms with E-state index in [1.165, 1.54) is 0 Å². The molecule has 0 unspecified atom stereocenters. The van der Waals surface area contributed by atoms with E-state index >= 15 is 0 Å². The molecule has 1 fully saturated rings. The molecule has 1 heterocycles. The third-order valence-corrected chi connectivity index (χ3v) is 13.7. The van der Waals surface area contributed by atoms with Crippen molar-refractivity contribution < 1.29 is 28.2 Å². The van der Waals surface area contributed by atoms with E-state index in [9.17, 15) is 4.79 Å². The van der Waals surface area contributed by atoms with Crippen LogP contribution in [0.5, 0.6) is 0 Å². The fourth-order valence-corrected chi connectivity index (χ4v) is 8.92. The van der Waals surface area contributed by atoms with Crippen LogP contribution >= 0.6 is 0 Å². The molecule has 44 heavy (non-hydrogen) atoms. The SMILES string of the molecule is CC[Si](CC)(CC)O[C@H](C(C)=O)[C@@H]1O[C@H](COCc2ccccc2)[C@@H](OCc2ccccc2)[C@H](OCc2ccccc2)[C@H]1C. The van der Waals surface area contributed by atoms with Crippen LogP contribution in [0.15, 0.2) is 91.0 Å². The molecule has 0 saturated carbocycles. The van der Waals surface area contributed by atoms with E-state index in [4.69, 9.17) is 23.4 Å². The van der Waals surface area contributed by atoms with Crippen molar-refractivity contribution in [3.05, 3.63) is 108 Å². The van der Waals surface area contributed by atoms with Gasteiger partial charge in [-0.1, -0.05) is 119 Å². The normalized spacial score (nSPS) is 22.9. The number of ketones is 1. The molecule has 1 aliphatic rings. The van der Waals surface area contributed by atoms with Crippen LogP contribution in [-0.2, 0) is 48.0 Å². The second-order valence-corrected chi connectivity index (χ2v) is 16.6. The van der Waals surface area contributed by atoms with Crippen LogP contribution < -0.4 is 0 Å². The summed E-state index contributed by atoms with van der Waals surface area (Å²) in [5.41, 5.74) is 3.24. The zero-order valence-corrected chi connectivity index (χ0v) is 28.0. The van der Waals surface area contributed by atoms with Crippen molar-refractivity contribution in [2.24, 2.45) is 5.92 Å². The van der Waals surface area contributed by atoms with Gasteiger partial charge in [-0.25, -0.2) is 0 Å². The molecule has 1 saturated heterocycles. The molecule has 0 N–H and O–H groups in total. The molecule has 1 aliphatic heterocycles. The van der Waals surface area contributed by atoms with Gasteiger partial charge in [0.05, 0.1) is 38.6 Å². The van der Waals surface area contributed by atoms with Crippen LogP contribution in [0, 0.1) is 5.92 Å². The Balaban J connectivity index is 1.65. The first-order valence-corrected chi connectivity index (χ1v) is 18.7. The number of hydrogen-bond acceptors (Lipinski definition) is 6. The molecule has 3 aromatic rings. The highest BCUT2D eigenvalue weighted by Crippen LogP contribution is 2.36. The van der Waals surface area contributed by atoms with Crippen molar-refractivity contribution in [3.8, 4) is 0 Å². The summed E-state index contributed by atoms with van der Waals surface area (Å²) in [4.78, 5) is 13.3. The molecule has 0 bridgehead atoms. The summed E-state index contributed by atoms with van der Waals surface area (Å²) in [6.07, 6.45) is -2.40. The highest BCUT2D eigenvalue weighted by atomic mass is 28.4. The predicted octanol–water partition coefficient (Wildman–Crippen LogP) is 7.76. The number of Topliss-reactive ketones (excluding diaryl/α,β-unsaturated/α-hetero) is 1. The Bertz CT molecular complexity index is 1230. The molecule has 238 valence electrons. The van der Waals surface area contributed by atoms with Crippen molar-refractivity contribution in [2.75, 3.05) is 6.61 Å². The summed E-state index contributed by atoms with van der Waals surface area (Å²) < 4.78 is 33.4. The van der Waals surface area contributed by atoms with E-state index < -0.39 is 32.7 Å². The number of hydrogen-bond donors (Lipinski definition) is 0. The highest BCUT2D eigenvalue weighted by Gasteiger charge is 2.50. The maximum absolute atomic E-state index is 13.3. The Morgan fingerprint density at radius 1 is 0.727 bits per heavy atom. The minimum atomic E-state index is -2.12. The molecule has 3 aromatic carbocycles. The summed E-state index contributed by atoms with van der Waals surface area (Å²) in [7, 11) is -2.12. The molecule has 0 amide bonds. The summed E-state index contributed by atoms with van der Waals surface area (Å²) >= 11 is 0. The van der Waals surface area contributed by atoms with E-state index in [-0.39, 0.29) is 17.8 Å². The maximum atomic E-state index is 13.3. The smallest absolute Gasteiger partial charge is 0.193 e. The van der Waals surface area contributed by atoms with Gasteiger partial charge in [-0.3, -0.25) is 4.79 Å². The molecular weight excluding hydrogens is 568 g/mol. The quantitative estimate of drug-likeness (QED) is 0.144. The van der Waals surface area contributed by atoms with Gasteiger partial charge in [-0.15, -0.1) is 0 Å². The second-order valence-electron chi connectivity index (χ2n) is 11.9. The minimum absolute atomic E-state index is 0.0107. The lowest BCUT2D eigenvalue weighted by Gasteiger charge is -2.48. The molecule has 4 rings (SSSR count). The van der Waals surface area contributed by atoms with Gasteiger partial charge in [0.15, 0.2) is 14.1 Å². The van der Waals surface area contributed by atoms with E-state index in [0.717, 1.165) is 34.8 Å². The van der Waals surface area contributed by atoms with Gasteiger partial charge in [0.1, 0.15) is 18.3 Å². The van der Waals surface area contributed by atoms with Gasteiger partial charge in [-0.2, -0.15) is 0 Å². The zero-order valence-electron chi connectivity index (χ0n) is 27.0. The number of ether oxygens (including phenoxy) is 4. The van der Waals surface area contributed by atoms with Crippen LogP contribution in [0.4, 0.5) is 0 Å². The van der Waals surface area contributed by atoms with Crippen molar-refractivity contribution in [2.45, 2.75) is 103 Å². The van der Waals surface area contributed by atoms with Gasteiger partial charge in [0, 0.05) is 5.92 Å². The second kappa shape index (κ2) is 17.2. The van der Waals surface area contributed by atoms with Gasteiger partial charge in [-0.05, 0) is 41.7 Å².